The van der Waals surface area contributed by atoms with Crippen LogP contribution in [0.15, 0.2) is 18.2 Å². The summed E-state index contributed by atoms with van der Waals surface area (Å²) in [6.45, 7) is 0. The zero-order chi connectivity index (χ0) is 8.43. The molecule has 0 amide bonds. The third kappa shape index (κ3) is 1.59. The van der Waals surface area contributed by atoms with Crippen LogP contribution in [0.4, 0.5) is 11.4 Å². The van der Waals surface area contributed by atoms with Crippen molar-refractivity contribution in [3.8, 4) is 0 Å². The number of halogens is 1. The van der Waals surface area contributed by atoms with Gasteiger partial charge in [-0.25, -0.2) is 0 Å². The van der Waals surface area contributed by atoms with Crippen molar-refractivity contribution in [2.45, 2.75) is 0 Å². The molecule has 1 aromatic rings. The van der Waals surface area contributed by atoms with Crippen molar-refractivity contribution < 1.29 is 4.92 Å². The van der Waals surface area contributed by atoms with Gasteiger partial charge in [-0.15, -0.1) is 0 Å². The molecule has 1 radical (unpaired) electrons. The molecular weight excluding hydrogens is 168 g/mol. The predicted molar refractivity (Wildman–Crippen MR) is 40.9 cm³/mol. The van der Waals surface area contributed by atoms with E-state index in [0.717, 1.165) is 6.07 Å². The Morgan fingerprint density at radius 1 is 1.55 bits per heavy atom. The minimum Gasteiger partial charge on any atom is -0.299 e. The molecule has 1 aromatic carbocycles. The van der Waals surface area contributed by atoms with Crippen LogP contribution in [0.25, 0.3) is 0 Å². The van der Waals surface area contributed by atoms with Crippen molar-refractivity contribution in [3.63, 3.8) is 0 Å². The fourth-order valence-electron chi connectivity index (χ4n) is 0.627. The lowest BCUT2D eigenvalue weighted by molar-refractivity contribution is -0.384. The van der Waals surface area contributed by atoms with Crippen molar-refractivity contribution in [2.75, 3.05) is 0 Å². The number of hydrogen-bond acceptors (Lipinski definition) is 2. The molecule has 0 saturated carbocycles. The zero-order valence-electron chi connectivity index (χ0n) is 5.37. The molecule has 11 heavy (non-hydrogen) atoms. The average molecular weight is 172 g/mol. The Morgan fingerprint density at radius 3 is 2.64 bits per heavy atom. The topological polar surface area (TPSA) is 66.9 Å². The Balaban J connectivity index is 3.15. The summed E-state index contributed by atoms with van der Waals surface area (Å²) in [5.74, 6) is 0. The monoisotopic (exact) mass is 171 g/mol. The van der Waals surface area contributed by atoms with E-state index in [1.807, 2.05) is 0 Å². The van der Waals surface area contributed by atoms with Gasteiger partial charge in [0.1, 0.15) is 0 Å². The second kappa shape index (κ2) is 2.75. The maximum atomic E-state index is 10.1. The van der Waals surface area contributed by atoms with Crippen LogP contribution in [0.3, 0.4) is 0 Å². The Bertz CT molecular complexity index is 301. The number of nitrogens with zero attached hydrogens (tertiary/aromatic N) is 1. The number of nitro groups is 1. The third-order valence-corrected chi connectivity index (χ3v) is 1.49. The van der Waals surface area contributed by atoms with Crippen LogP contribution in [-0.4, -0.2) is 4.92 Å². The van der Waals surface area contributed by atoms with E-state index in [9.17, 15) is 10.1 Å². The van der Waals surface area contributed by atoms with Gasteiger partial charge in [-0.2, -0.15) is 0 Å². The fourth-order valence-corrected chi connectivity index (χ4v) is 0.744. The Morgan fingerprint density at radius 2 is 2.18 bits per heavy atom. The van der Waals surface area contributed by atoms with Gasteiger partial charge in [-0.05, 0) is 6.07 Å². The lowest BCUT2D eigenvalue weighted by Crippen LogP contribution is -1.87. The molecule has 0 aliphatic carbocycles. The predicted octanol–water partition coefficient (Wildman–Crippen LogP) is 2.16. The molecule has 0 spiro atoms. The van der Waals surface area contributed by atoms with Gasteiger partial charge in [0.05, 0.1) is 15.6 Å². The number of rotatable bonds is 1. The van der Waals surface area contributed by atoms with Crippen LogP contribution in [0.2, 0.25) is 5.02 Å². The van der Waals surface area contributed by atoms with E-state index in [0.29, 0.717) is 0 Å². The van der Waals surface area contributed by atoms with E-state index in [-0.39, 0.29) is 16.4 Å². The summed E-state index contributed by atoms with van der Waals surface area (Å²) >= 11 is 5.48. The first kappa shape index (κ1) is 7.81. The number of nitrogens with one attached hydrogen (secondary N) is 1. The summed E-state index contributed by atoms with van der Waals surface area (Å²) in [5, 5.41) is 10.4. The molecule has 5 heteroatoms. The lowest BCUT2D eigenvalue weighted by atomic mass is 10.3. The molecule has 57 valence electrons. The summed E-state index contributed by atoms with van der Waals surface area (Å²) < 4.78 is 0. The number of nitro benzene ring substituents is 1. The molecule has 0 atom stereocenters. The van der Waals surface area contributed by atoms with Gasteiger partial charge >= 0.3 is 0 Å². The van der Waals surface area contributed by atoms with Gasteiger partial charge < -0.3 is 0 Å². The van der Waals surface area contributed by atoms with Crippen LogP contribution >= 0.6 is 11.6 Å². The SMILES string of the molecule is [NH]c1cc([N+](=O)[O-])ccc1Cl. The highest BCUT2D eigenvalue weighted by Crippen LogP contribution is 2.24. The number of hydrogen-bond donors (Lipinski definition) is 0. The van der Waals surface area contributed by atoms with Gasteiger partial charge in [0.15, 0.2) is 0 Å². The Hall–Kier alpha value is -1.29. The first-order chi connectivity index (χ1) is 5.11. The smallest absolute Gasteiger partial charge is 0.271 e. The summed E-state index contributed by atoms with van der Waals surface area (Å²) in [6, 6.07) is 3.71. The van der Waals surface area contributed by atoms with Crippen molar-refractivity contribution in [1.82, 2.24) is 5.73 Å². The van der Waals surface area contributed by atoms with Crippen LogP contribution < -0.4 is 5.73 Å². The molecule has 0 bridgehead atoms. The first-order valence-electron chi connectivity index (χ1n) is 2.77. The lowest BCUT2D eigenvalue weighted by Gasteiger charge is -1.94. The highest BCUT2D eigenvalue weighted by atomic mass is 35.5. The maximum Gasteiger partial charge on any atom is 0.271 e. The molecular formula is C6H4ClN2O2. The molecule has 0 aliphatic rings. The van der Waals surface area contributed by atoms with E-state index in [2.05, 4.69) is 0 Å². The van der Waals surface area contributed by atoms with Crippen LogP contribution in [0, 0.1) is 10.1 Å². The highest BCUT2D eigenvalue weighted by Gasteiger charge is 2.06. The molecule has 1 N–H and O–H groups in total. The molecule has 0 heterocycles. The van der Waals surface area contributed by atoms with Crippen LogP contribution in [0.5, 0.6) is 0 Å². The quantitative estimate of drug-likeness (QED) is 0.480. The second-order valence-electron chi connectivity index (χ2n) is 1.92. The van der Waals surface area contributed by atoms with Crippen molar-refractivity contribution in [2.24, 2.45) is 0 Å². The molecule has 0 aliphatic heterocycles. The molecule has 4 nitrogen and oxygen atoms in total. The normalized spacial score (nSPS) is 9.55. The summed E-state index contributed by atoms with van der Waals surface area (Å²) in [5.41, 5.74) is 6.98. The van der Waals surface area contributed by atoms with Gasteiger partial charge in [0, 0.05) is 12.1 Å². The van der Waals surface area contributed by atoms with Crippen molar-refractivity contribution in [3.05, 3.63) is 33.3 Å². The molecule has 1 rings (SSSR count). The molecule has 0 unspecified atom stereocenters. The Labute approximate surface area is 67.7 Å². The number of non-ortho nitro benzene ring substituents is 1. The fraction of sp³-hybridized carbons (Fsp3) is 0. The third-order valence-electron chi connectivity index (χ3n) is 1.16. The van der Waals surface area contributed by atoms with E-state index in [1.54, 1.807) is 0 Å². The van der Waals surface area contributed by atoms with E-state index in [1.165, 1.54) is 12.1 Å². The van der Waals surface area contributed by atoms with Gasteiger partial charge in [-0.3, -0.25) is 15.8 Å². The maximum absolute atomic E-state index is 10.1. The van der Waals surface area contributed by atoms with Crippen molar-refractivity contribution in [1.29, 1.82) is 0 Å². The second-order valence-corrected chi connectivity index (χ2v) is 2.33. The number of benzene rings is 1. The zero-order valence-corrected chi connectivity index (χ0v) is 6.13. The summed E-state index contributed by atoms with van der Waals surface area (Å²) in [4.78, 5) is 9.58. The minimum absolute atomic E-state index is 0.0270. The highest BCUT2D eigenvalue weighted by molar-refractivity contribution is 6.32. The van der Waals surface area contributed by atoms with E-state index in [4.69, 9.17) is 17.3 Å². The molecule has 0 aromatic heterocycles. The van der Waals surface area contributed by atoms with E-state index >= 15 is 0 Å². The summed E-state index contributed by atoms with van der Waals surface area (Å²) in [7, 11) is 0. The van der Waals surface area contributed by atoms with Crippen LogP contribution in [-0.2, 0) is 0 Å². The van der Waals surface area contributed by atoms with E-state index < -0.39 is 4.92 Å². The first-order valence-corrected chi connectivity index (χ1v) is 3.14. The standard InChI is InChI=1S/C6H4ClN2O2/c7-5-2-1-4(9(10)11)3-6(5)8/h1-3,8H. The van der Waals surface area contributed by atoms with Gasteiger partial charge in [-0.1, -0.05) is 11.6 Å². The summed E-state index contributed by atoms with van der Waals surface area (Å²) in [6.07, 6.45) is 0. The molecule has 0 saturated heterocycles. The van der Waals surface area contributed by atoms with Gasteiger partial charge in [0.25, 0.3) is 5.69 Å². The van der Waals surface area contributed by atoms with Crippen LogP contribution in [0.1, 0.15) is 0 Å². The minimum atomic E-state index is -0.561. The average Bonchev–Trinajstić information content (AvgIpc) is 1.94. The molecule has 0 fully saturated rings. The van der Waals surface area contributed by atoms with Crippen molar-refractivity contribution >= 4 is 23.0 Å². The Kier molecular flexibility index (Phi) is 1.96. The largest absolute Gasteiger partial charge is 0.299 e. The van der Waals surface area contributed by atoms with Gasteiger partial charge in [0.2, 0.25) is 0 Å².